The molecule has 1 heterocycles. The van der Waals surface area contributed by atoms with Gasteiger partial charge in [0.2, 0.25) is 0 Å². The van der Waals surface area contributed by atoms with Crippen LogP contribution in [0.5, 0.6) is 0 Å². The Hall–Kier alpha value is -2.94. The summed E-state index contributed by atoms with van der Waals surface area (Å²) in [7, 11) is 0. The number of esters is 1. The van der Waals surface area contributed by atoms with Crippen LogP contribution in [0.1, 0.15) is 28.0 Å². The van der Waals surface area contributed by atoms with E-state index in [9.17, 15) is 9.59 Å². The molecular weight excluding hydrogens is 294 g/mol. The molecule has 0 atom stereocenters. The summed E-state index contributed by atoms with van der Waals surface area (Å²) < 4.78 is 5.06. The fraction of sp³-hybridized carbons (Fsp3) is 0.294. The predicted molar refractivity (Wildman–Crippen MR) is 84.7 cm³/mol. The number of carbonyl (C=O) groups is 2. The molecule has 23 heavy (non-hydrogen) atoms. The largest absolute Gasteiger partial charge is 0.452 e. The molecule has 1 amide bonds. The number of amides is 1. The van der Waals surface area contributed by atoms with Crippen molar-refractivity contribution in [3.63, 3.8) is 0 Å². The highest BCUT2D eigenvalue weighted by Crippen LogP contribution is 2.20. The Morgan fingerprint density at radius 1 is 1.30 bits per heavy atom. The van der Waals surface area contributed by atoms with Crippen LogP contribution < -0.4 is 5.32 Å². The van der Waals surface area contributed by atoms with Crippen LogP contribution in [0.3, 0.4) is 0 Å². The average Bonchev–Trinajstić information content (AvgIpc) is 2.52. The molecule has 1 aromatic heterocycles. The molecule has 1 N–H and O–H groups in total. The number of ether oxygens (including phenoxy) is 1. The van der Waals surface area contributed by atoms with E-state index in [1.807, 2.05) is 31.2 Å². The van der Waals surface area contributed by atoms with Crippen molar-refractivity contribution >= 4 is 22.8 Å². The number of nitrogens with zero attached hydrogens (tertiary/aromatic N) is 2. The number of hydrogen-bond donors (Lipinski definition) is 1. The van der Waals surface area contributed by atoms with Crippen molar-refractivity contribution in [2.24, 2.45) is 0 Å². The summed E-state index contributed by atoms with van der Waals surface area (Å²) in [6.07, 6.45) is 0.215. The first-order valence-corrected chi connectivity index (χ1v) is 7.20. The third-order valence-electron chi connectivity index (χ3n) is 3.21. The second-order valence-electron chi connectivity index (χ2n) is 5.17. The Balaban J connectivity index is 2.13. The molecule has 0 bridgehead atoms. The number of nitriles is 1. The van der Waals surface area contributed by atoms with Gasteiger partial charge in [-0.3, -0.25) is 9.78 Å². The van der Waals surface area contributed by atoms with Gasteiger partial charge in [-0.25, -0.2) is 4.79 Å². The molecule has 6 heteroatoms. The van der Waals surface area contributed by atoms with Gasteiger partial charge in [-0.2, -0.15) is 5.26 Å². The summed E-state index contributed by atoms with van der Waals surface area (Å²) in [5.74, 6) is -0.999. The summed E-state index contributed by atoms with van der Waals surface area (Å²) in [4.78, 5) is 28.2. The molecule has 0 fully saturated rings. The van der Waals surface area contributed by atoms with E-state index >= 15 is 0 Å². The van der Waals surface area contributed by atoms with E-state index in [1.54, 1.807) is 13.0 Å². The molecule has 0 aliphatic heterocycles. The number of carbonyl (C=O) groups excluding carboxylic acids is 2. The van der Waals surface area contributed by atoms with Gasteiger partial charge in [-0.1, -0.05) is 11.6 Å². The van der Waals surface area contributed by atoms with Gasteiger partial charge in [0.15, 0.2) is 6.61 Å². The third-order valence-corrected chi connectivity index (χ3v) is 3.21. The first-order valence-electron chi connectivity index (χ1n) is 7.20. The van der Waals surface area contributed by atoms with Crippen LogP contribution in [0.25, 0.3) is 10.9 Å². The topological polar surface area (TPSA) is 92.1 Å². The Morgan fingerprint density at radius 2 is 2.09 bits per heavy atom. The van der Waals surface area contributed by atoms with Crippen LogP contribution in [0.15, 0.2) is 24.3 Å². The van der Waals surface area contributed by atoms with Crippen molar-refractivity contribution in [3.8, 4) is 6.07 Å². The minimum absolute atomic E-state index is 0.215. The molecule has 1 aromatic carbocycles. The lowest BCUT2D eigenvalue weighted by molar-refractivity contribution is -0.124. The van der Waals surface area contributed by atoms with Crippen molar-refractivity contribution in [2.45, 2.75) is 20.3 Å². The Kier molecular flexibility index (Phi) is 5.26. The van der Waals surface area contributed by atoms with E-state index in [0.29, 0.717) is 22.2 Å². The lowest BCUT2D eigenvalue weighted by Gasteiger charge is -2.09. The van der Waals surface area contributed by atoms with Gasteiger partial charge in [0.25, 0.3) is 5.91 Å². The number of hydrogen-bond acceptors (Lipinski definition) is 5. The number of aromatic nitrogens is 1. The van der Waals surface area contributed by atoms with Gasteiger partial charge in [0.05, 0.1) is 23.6 Å². The fourth-order valence-electron chi connectivity index (χ4n) is 2.16. The quantitative estimate of drug-likeness (QED) is 0.674. The van der Waals surface area contributed by atoms with Crippen molar-refractivity contribution in [1.29, 1.82) is 5.26 Å². The van der Waals surface area contributed by atoms with Gasteiger partial charge in [-0.05, 0) is 32.0 Å². The van der Waals surface area contributed by atoms with Crippen LogP contribution >= 0.6 is 0 Å². The van der Waals surface area contributed by atoms with E-state index < -0.39 is 11.9 Å². The zero-order valence-corrected chi connectivity index (χ0v) is 13.0. The van der Waals surface area contributed by atoms with Crippen LogP contribution in [0.2, 0.25) is 0 Å². The van der Waals surface area contributed by atoms with E-state index in [1.165, 1.54) is 0 Å². The molecule has 118 valence electrons. The summed E-state index contributed by atoms with van der Waals surface area (Å²) in [5.41, 5.74) is 2.81. The Bertz CT molecular complexity index is 794. The molecule has 2 rings (SSSR count). The second-order valence-corrected chi connectivity index (χ2v) is 5.17. The number of pyridine rings is 1. The molecule has 0 saturated heterocycles. The van der Waals surface area contributed by atoms with E-state index in [2.05, 4.69) is 10.3 Å². The molecule has 0 aliphatic carbocycles. The van der Waals surface area contributed by atoms with Crippen LogP contribution in [-0.4, -0.2) is 30.0 Å². The zero-order valence-electron chi connectivity index (χ0n) is 13.0. The molecule has 6 nitrogen and oxygen atoms in total. The first kappa shape index (κ1) is 16.4. The number of nitrogens with one attached hydrogen (secondary N) is 1. The van der Waals surface area contributed by atoms with E-state index in [4.69, 9.17) is 10.00 Å². The SMILES string of the molecule is Cc1ccc2nc(C)cc(C(=O)OCC(=O)NCCC#N)c2c1. The van der Waals surface area contributed by atoms with Crippen LogP contribution in [0.4, 0.5) is 0 Å². The summed E-state index contributed by atoms with van der Waals surface area (Å²) >= 11 is 0. The molecule has 0 unspecified atom stereocenters. The number of aryl methyl sites for hydroxylation is 2. The highest BCUT2D eigenvalue weighted by atomic mass is 16.5. The maximum atomic E-state index is 12.3. The molecule has 0 aliphatic rings. The third kappa shape index (κ3) is 4.27. The summed E-state index contributed by atoms with van der Waals surface area (Å²) in [6.45, 7) is 3.59. The van der Waals surface area contributed by atoms with E-state index in [-0.39, 0.29) is 19.6 Å². The van der Waals surface area contributed by atoms with Gasteiger partial charge >= 0.3 is 5.97 Å². The standard InChI is InChI=1S/C17H17N3O3/c1-11-4-5-15-13(8-11)14(9-12(2)20-15)17(22)23-10-16(21)19-7-3-6-18/h4-5,8-9H,3,7,10H2,1-2H3,(H,19,21). The van der Waals surface area contributed by atoms with Gasteiger partial charge in [0, 0.05) is 17.6 Å². The minimum Gasteiger partial charge on any atom is -0.452 e. The average molecular weight is 311 g/mol. The maximum absolute atomic E-state index is 12.3. The highest BCUT2D eigenvalue weighted by molar-refractivity contribution is 6.04. The zero-order chi connectivity index (χ0) is 16.8. The molecule has 0 spiro atoms. The number of benzene rings is 1. The lowest BCUT2D eigenvalue weighted by atomic mass is 10.1. The summed E-state index contributed by atoms with van der Waals surface area (Å²) in [6, 6.07) is 9.21. The predicted octanol–water partition coefficient (Wildman–Crippen LogP) is 2.04. The van der Waals surface area contributed by atoms with Crippen molar-refractivity contribution in [3.05, 3.63) is 41.1 Å². The Labute approximate surface area is 134 Å². The highest BCUT2D eigenvalue weighted by Gasteiger charge is 2.15. The van der Waals surface area contributed by atoms with E-state index in [0.717, 1.165) is 5.56 Å². The van der Waals surface area contributed by atoms with Crippen molar-refractivity contribution in [1.82, 2.24) is 10.3 Å². The second kappa shape index (κ2) is 7.36. The van der Waals surface area contributed by atoms with Crippen LogP contribution in [-0.2, 0) is 9.53 Å². The van der Waals surface area contributed by atoms with Crippen molar-refractivity contribution < 1.29 is 14.3 Å². The maximum Gasteiger partial charge on any atom is 0.339 e. The number of rotatable bonds is 5. The van der Waals surface area contributed by atoms with Crippen LogP contribution in [0, 0.1) is 25.2 Å². The minimum atomic E-state index is -0.568. The molecular formula is C17H17N3O3. The normalized spacial score (nSPS) is 10.1. The number of fused-ring (bicyclic) bond motifs is 1. The Morgan fingerprint density at radius 3 is 2.83 bits per heavy atom. The molecule has 0 saturated carbocycles. The lowest BCUT2D eigenvalue weighted by Crippen LogP contribution is -2.29. The van der Waals surface area contributed by atoms with Crippen molar-refractivity contribution in [2.75, 3.05) is 13.2 Å². The van der Waals surface area contributed by atoms with Gasteiger partial charge < -0.3 is 10.1 Å². The monoisotopic (exact) mass is 311 g/mol. The molecule has 2 aromatic rings. The molecule has 0 radical (unpaired) electrons. The first-order chi connectivity index (χ1) is 11.0. The van der Waals surface area contributed by atoms with Gasteiger partial charge in [0.1, 0.15) is 0 Å². The van der Waals surface area contributed by atoms with Gasteiger partial charge in [-0.15, -0.1) is 0 Å². The smallest absolute Gasteiger partial charge is 0.339 e. The summed E-state index contributed by atoms with van der Waals surface area (Å²) in [5, 5.41) is 11.6. The fourth-order valence-corrected chi connectivity index (χ4v) is 2.16.